The van der Waals surface area contributed by atoms with E-state index in [1.165, 1.54) is 19.3 Å². The van der Waals surface area contributed by atoms with E-state index in [0.29, 0.717) is 16.5 Å². The Hall–Kier alpha value is -0.773. The van der Waals surface area contributed by atoms with Crippen molar-refractivity contribution in [3.8, 4) is 5.75 Å². The van der Waals surface area contributed by atoms with Crippen LogP contribution in [0.1, 0.15) is 55.5 Å². The molecule has 2 aromatic rings. The second kappa shape index (κ2) is 12.6. The Labute approximate surface area is 182 Å². The van der Waals surface area contributed by atoms with Crippen molar-refractivity contribution < 1.29 is 9.53 Å². The predicted octanol–water partition coefficient (Wildman–Crippen LogP) is 6.01. The molecule has 141 valence electrons. The number of carbonyl (C=O) groups is 1. The van der Waals surface area contributed by atoms with E-state index in [4.69, 9.17) is 16.3 Å². The maximum absolute atomic E-state index is 12.6. The van der Waals surface area contributed by atoms with E-state index in [0.717, 1.165) is 29.6 Å². The van der Waals surface area contributed by atoms with E-state index in [-0.39, 0.29) is 33.0 Å². The molecule has 0 saturated heterocycles. The molecule has 0 aliphatic rings. The third-order valence-corrected chi connectivity index (χ3v) is 6.00. The third-order valence-electron chi connectivity index (χ3n) is 4.59. The summed E-state index contributed by atoms with van der Waals surface area (Å²) in [4.78, 5) is 12.6. The molecule has 0 amide bonds. The number of rotatable bonds is 10. The first-order valence-corrected chi connectivity index (χ1v) is 10.7. The van der Waals surface area contributed by atoms with Crippen LogP contribution in [0.25, 0.3) is 0 Å². The molecule has 0 fully saturated rings. The van der Waals surface area contributed by atoms with Gasteiger partial charge in [0.1, 0.15) is 5.75 Å². The fourth-order valence-corrected chi connectivity index (χ4v) is 4.30. The van der Waals surface area contributed by atoms with E-state index in [1.807, 2.05) is 43.3 Å². The monoisotopic (exact) mass is 397 g/mol. The molecule has 0 aliphatic heterocycles. The number of aryl methyl sites for hydroxylation is 1. The standard InChI is InChI=1S/C22H28ClO2P.Li/c1-4-6-9-17(5-2)15-25-18-11-13-19(14-12-18)26-22(24)21-16(3)8-7-10-20(21)23;/h7-8,10-14,17,26H,4-6,9,15H2,1-3H3;. The van der Waals surface area contributed by atoms with Crippen LogP contribution in [-0.2, 0) is 0 Å². The van der Waals surface area contributed by atoms with E-state index in [2.05, 4.69) is 13.8 Å². The summed E-state index contributed by atoms with van der Waals surface area (Å²) in [6.07, 6.45) is 4.85. The first-order valence-electron chi connectivity index (χ1n) is 9.34. The Morgan fingerprint density at radius 3 is 2.44 bits per heavy atom. The molecule has 0 aliphatic carbocycles. The van der Waals surface area contributed by atoms with Crippen LogP contribution in [0.2, 0.25) is 5.02 Å². The summed E-state index contributed by atoms with van der Waals surface area (Å²) in [6, 6.07) is 13.4. The fourth-order valence-electron chi connectivity index (χ4n) is 2.86. The van der Waals surface area contributed by atoms with Gasteiger partial charge < -0.3 is 4.74 Å². The second-order valence-electron chi connectivity index (χ2n) is 6.64. The summed E-state index contributed by atoms with van der Waals surface area (Å²) in [5, 5.41) is 1.53. The minimum absolute atomic E-state index is 0. The molecule has 27 heavy (non-hydrogen) atoms. The Morgan fingerprint density at radius 2 is 1.85 bits per heavy atom. The van der Waals surface area contributed by atoms with Crippen molar-refractivity contribution in [1.82, 2.24) is 0 Å². The molecule has 1 radical (unpaired) electrons. The van der Waals surface area contributed by atoms with Gasteiger partial charge in [0.2, 0.25) is 0 Å². The first kappa shape index (κ1) is 24.3. The summed E-state index contributed by atoms with van der Waals surface area (Å²) >= 11 is 6.20. The van der Waals surface area contributed by atoms with Crippen LogP contribution in [0, 0.1) is 12.8 Å². The number of carbonyl (C=O) groups excluding carboxylic acids is 1. The zero-order valence-corrected chi connectivity index (χ0v) is 18.6. The number of benzene rings is 2. The molecule has 0 spiro atoms. The van der Waals surface area contributed by atoms with Gasteiger partial charge in [-0.1, -0.05) is 69.0 Å². The van der Waals surface area contributed by atoms with Crippen molar-refractivity contribution in [3.63, 3.8) is 0 Å². The smallest absolute Gasteiger partial charge is 0.187 e. The van der Waals surface area contributed by atoms with Gasteiger partial charge in [0, 0.05) is 24.4 Å². The second-order valence-corrected chi connectivity index (χ2v) is 8.33. The van der Waals surface area contributed by atoms with Crippen molar-refractivity contribution in [2.75, 3.05) is 6.61 Å². The third kappa shape index (κ3) is 7.63. The summed E-state index contributed by atoms with van der Waals surface area (Å²) in [5.41, 5.74) is 1.63. The zero-order valence-electron chi connectivity index (χ0n) is 16.8. The van der Waals surface area contributed by atoms with E-state index in [9.17, 15) is 4.79 Å². The van der Waals surface area contributed by atoms with Crippen LogP contribution in [0.3, 0.4) is 0 Å². The molecule has 5 heteroatoms. The van der Waals surface area contributed by atoms with Gasteiger partial charge in [-0.2, -0.15) is 0 Å². The summed E-state index contributed by atoms with van der Waals surface area (Å²) in [7, 11) is 0.0633. The van der Waals surface area contributed by atoms with E-state index < -0.39 is 0 Å². The van der Waals surface area contributed by atoms with E-state index in [1.54, 1.807) is 6.07 Å². The van der Waals surface area contributed by atoms with Crippen molar-refractivity contribution in [2.24, 2.45) is 5.92 Å². The zero-order chi connectivity index (χ0) is 18.9. The molecule has 2 rings (SSSR count). The van der Waals surface area contributed by atoms with Crippen LogP contribution < -0.4 is 10.0 Å². The number of ether oxygens (including phenoxy) is 1. The van der Waals surface area contributed by atoms with Crippen molar-refractivity contribution in [1.29, 1.82) is 0 Å². The number of hydrogen-bond donors (Lipinski definition) is 0. The average molecular weight is 398 g/mol. The van der Waals surface area contributed by atoms with Gasteiger partial charge >= 0.3 is 0 Å². The van der Waals surface area contributed by atoms with Gasteiger partial charge in [0.15, 0.2) is 5.52 Å². The Bertz CT molecular complexity index is 699. The molecule has 2 atom stereocenters. The fraction of sp³-hybridized carbons (Fsp3) is 0.409. The molecule has 0 bridgehead atoms. The molecule has 2 aromatic carbocycles. The maximum atomic E-state index is 12.6. The van der Waals surface area contributed by atoms with Crippen LogP contribution in [0.4, 0.5) is 0 Å². The van der Waals surface area contributed by atoms with Crippen LogP contribution >= 0.6 is 20.2 Å². The predicted molar refractivity (Wildman–Crippen MR) is 119 cm³/mol. The Balaban J connectivity index is 0.00000364. The number of hydrogen-bond acceptors (Lipinski definition) is 2. The molecular weight excluding hydrogens is 370 g/mol. The van der Waals surface area contributed by atoms with E-state index >= 15 is 0 Å². The molecular formula is C22H28ClLiO2P. The average Bonchev–Trinajstić information content (AvgIpc) is 2.63. The molecule has 0 saturated carbocycles. The van der Waals surface area contributed by atoms with Gasteiger partial charge in [-0.3, -0.25) is 4.79 Å². The summed E-state index contributed by atoms with van der Waals surface area (Å²) < 4.78 is 5.94. The first-order chi connectivity index (χ1) is 12.5. The molecule has 0 N–H and O–H groups in total. The minimum Gasteiger partial charge on any atom is -0.493 e. The van der Waals surface area contributed by atoms with Crippen LogP contribution in [0.15, 0.2) is 42.5 Å². The SMILES string of the molecule is CCCCC(CC)COc1ccc(PC(=O)c2c(C)cccc2Cl)cc1.[Li]. The molecule has 0 heterocycles. The molecule has 2 nitrogen and oxygen atoms in total. The van der Waals surface area contributed by atoms with Crippen molar-refractivity contribution in [3.05, 3.63) is 58.6 Å². The normalized spacial score (nSPS) is 12.0. The minimum atomic E-state index is 0. The molecule has 0 aromatic heterocycles. The summed E-state index contributed by atoms with van der Waals surface area (Å²) in [6.45, 7) is 7.12. The quantitative estimate of drug-likeness (QED) is 0.362. The van der Waals surface area contributed by atoms with Crippen molar-refractivity contribution >= 4 is 49.9 Å². The van der Waals surface area contributed by atoms with Gasteiger partial charge in [-0.25, -0.2) is 0 Å². The molecule has 2 unspecified atom stereocenters. The van der Waals surface area contributed by atoms with Crippen molar-refractivity contribution in [2.45, 2.75) is 46.5 Å². The number of halogens is 1. The van der Waals surface area contributed by atoms with Crippen LogP contribution in [0.5, 0.6) is 5.75 Å². The number of unbranched alkanes of at least 4 members (excludes halogenated alkanes) is 1. The van der Waals surface area contributed by atoms with Crippen LogP contribution in [-0.4, -0.2) is 31.0 Å². The van der Waals surface area contributed by atoms with Gasteiger partial charge in [-0.15, -0.1) is 0 Å². The van der Waals surface area contributed by atoms with Gasteiger partial charge in [0.25, 0.3) is 0 Å². The topological polar surface area (TPSA) is 26.3 Å². The van der Waals surface area contributed by atoms with Gasteiger partial charge in [-0.05, 0) is 56.9 Å². The largest absolute Gasteiger partial charge is 0.493 e. The summed E-state index contributed by atoms with van der Waals surface area (Å²) in [5.74, 6) is 1.48. The Morgan fingerprint density at radius 1 is 1.15 bits per heavy atom. The Kier molecular flexibility index (Phi) is 11.4. The maximum Gasteiger partial charge on any atom is 0.187 e. The van der Waals surface area contributed by atoms with Gasteiger partial charge in [0.05, 0.1) is 11.6 Å².